The van der Waals surface area contributed by atoms with Crippen LogP contribution in [0.5, 0.6) is 0 Å². The number of aromatic nitrogens is 4. The summed E-state index contributed by atoms with van der Waals surface area (Å²) in [5.74, 6) is -2.79. The molecule has 0 bridgehead atoms. The first kappa shape index (κ1) is 42.0. The highest BCUT2D eigenvalue weighted by Crippen LogP contribution is 2.51. The zero-order valence-corrected chi connectivity index (χ0v) is 35.2. The molecule has 18 heteroatoms. The van der Waals surface area contributed by atoms with E-state index in [2.05, 4.69) is 42.8 Å². The summed E-state index contributed by atoms with van der Waals surface area (Å²) in [5.41, 5.74) is 1.91. The fourth-order valence-electron chi connectivity index (χ4n) is 10.9. The summed E-state index contributed by atoms with van der Waals surface area (Å²) in [5, 5.41) is 5.23. The van der Waals surface area contributed by atoms with E-state index in [1.165, 1.54) is 14.2 Å². The first-order valence-corrected chi connectivity index (χ1v) is 21.6. The van der Waals surface area contributed by atoms with Crippen molar-refractivity contribution in [3.8, 4) is 0 Å². The van der Waals surface area contributed by atoms with E-state index >= 15 is 0 Å². The topological polar surface area (TPSA) is 187 Å². The van der Waals surface area contributed by atoms with Crippen LogP contribution < -0.4 is 10.6 Å². The maximum atomic E-state index is 15.0. The molecule has 16 nitrogen and oxygen atoms in total. The van der Waals surface area contributed by atoms with Crippen molar-refractivity contribution >= 4 is 24.0 Å². The number of halogens is 2. The van der Waals surface area contributed by atoms with Gasteiger partial charge in [-0.1, -0.05) is 33.8 Å². The van der Waals surface area contributed by atoms with E-state index < -0.39 is 55.1 Å². The molecule has 6 heterocycles. The van der Waals surface area contributed by atoms with Gasteiger partial charge in [0.2, 0.25) is 11.8 Å². The predicted molar refractivity (Wildman–Crippen MR) is 212 cm³/mol. The van der Waals surface area contributed by atoms with Crippen LogP contribution in [0.2, 0.25) is 0 Å². The van der Waals surface area contributed by atoms with Gasteiger partial charge >= 0.3 is 12.2 Å². The van der Waals surface area contributed by atoms with Crippen LogP contribution in [0, 0.1) is 17.8 Å². The lowest BCUT2D eigenvalue weighted by Gasteiger charge is -2.54. The number of carbonyl (C=O) groups is 4. The molecule has 0 spiro atoms. The fourth-order valence-corrected chi connectivity index (χ4v) is 10.9. The van der Waals surface area contributed by atoms with Crippen molar-refractivity contribution in [3.63, 3.8) is 0 Å². The van der Waals surface area contributed by atoms with Crippen molar-refractivity contribution in [2.45, 2.75) is 145 Å². The first-order chi connectivity index (χ1) is 28.7. The van der Waals surface area contributed by atoms with Gasteiger partial charge in [0.25, 0.3) is 5.92 Å². The molecule has 2 saturated carbocycles. The van der Waals surface area contributed by atoms with Gasteiger partial charge in [0.15, 0.2) is 0 Å². The van der Waals surface area contributed by atoms with Gasteiger partial charge in [0.05, 0.1) is 57.1 Å². The zero-order chi connectivity index (χ0) is 42.6. The van der Waals surface area contributed by atoms with Crippen LogP contribution in [0.3, 0.4) is 0 Å². The van der Waals surface area contributed by atoms with Crippen molar-refractivity contribution in [2.24, 2.45) is 17.8 Å². The van der Waals surface area contributed by atoms with Gasteiger partial charge in [-0.2, -0.15) is 0 Å². The molecule has 6 aliphatic rings. The number of H-pyrrole nitrogens is 2. The van der Waals surface area contributed by atoms with E-state index in [1.807, 2.05) is 24.9 Å². The number of nitrogens with zero attached hydrogens (tertiary/aromatic N) is 5. The Morgan fingerprint density at radius 1 is 0.833 bits per heavy atom. The average molecular weight is 840 g/mol. The molecule has 2 aromatic rings. The summed E-state index contributed by atoms with van der Waals surface area (Å²) in [4.78, 5) is 73.3. The standard InChI is InChI=1S/C42H59F2N9O7/c1-21(2)33(49-40(56)58-5)38(54)52-14-7-8-29(52)36-45-18-26(47-36)23-9-11-28-32(16-23)60-31-12-10-24(25-13-15-51(28)35(25)31)27-19-46-37(48-27)30-17-42(43,44)20-53(30)39(55)34(22(3)4)50-41(57)59-6/h13,15,18-19,21-25,28-35H,7-12,14,16-17,20H2,1-6H3,(H,45,47)(H,46,48)(H,49,56)(H,50,57)/t23?,24?,25?,28?,29-,30-,31?,32?,33-,34-,35?/m0/s1. The van der Waals surface area contributed by atoms with Gasteiger partial charge in [0, 0.05) is 54.5 Å². The number of alkyl halides is 2. The van der Waals surface area contributed by atoms with Crippen molar-refractivity contribution in [1.29, 1.82) is 0 Å². The molecule has 5 fully saturated rings. The highest BCUT2D eigenvalue weighted by molar-refractivity contribution is 5.87. The minimum absolute atomic E-state index is 0.0310. The van der Waals surface area contributed by atoms with Crippen LogP contribution in [0.1, 0.15) is 126 Å². The normalized spacial score (nSPS) is 31.5. The molecule has 3 saturated heterocycles. The number of hydrogen-bond acceptors (Lipinski definition) is 10. The molecule has 4 N–H and O–H groups in total. The molecule has 2 aliphatic carbocycles. The maximum Gasteiger partial charge on any atom is 0.407 e. The van der Waals surface area contributed by atoms with Crippen LogP contribution >= 0.6 is 0 Å². The van der Waals surface area contributed by atoms with Crippen LogP contribution in [0.25, 0.3) is 0 Å². The molecular weight excluding hydrogens is 781 g/mol. The largest absolute Gasteiger partial charge is 0.453 e. The van der Waals surface area contributed by atoms with Crippen molar-refractivity contribution in [1.82, 2.24) is 45.3 Å². The molecule has 60 heavy (non-hydrogen) atoms. The van der Waals surface area contributed by atoms with Crippen LogP contribution in [-0.4, -0.2) is 128 Å². The van der Waals surface area contributed by atoms with Gasteiger partial charge in [-0.05, 0) is 63.0 Å². The number of alkyl carbamates (subject to hydrolysis) is 2. The molecule has 0 aromatic carbocycles. The Labute approximate surface area is 348 Å². The Morgan fingerprint density at radius 3 is 2.13 bits per heavy atom. The van der Waals surface area contributed by atoms with Crippen molar-refractivity contribution < 1.29 is 42.2 Å². The van der Waals surface area contributed by atoms with Gasteiger partial charge in [0.1, 0.15) is 23.7 Å². The minimum Gasteiger partial charge on any atom is -0.453 e. The van der Waals surface area contributed by atoms with E-state index in [0.717, 1.165) is 67.1 Å². The van der Waals surface area contributed by atoms with E-state index in [-0.39, 0.29) is 65.8 Å². The Balaban J connectivity index is 0.919. The number of methoxy groups -OCH3 is 2. The Kier molecular flexibility index (Phi) is 11.6. The number of aromatic amines is 2. The fraction of sp³-hybridized carbons (Fsp3) is 0.714. The molecule has 4 aliphatic heterocycles. The molecule has 7 unspecified atom stereocenters. The number of amides is 4. The van der Waals surface area contributed by atoms with Crippen LogP contribution in [-0.2, 0) is 23.8 Å². The number of hydrogen-bond donors (Lipinski definition) is 4. The average Bonchev–Trinajstić information content (AvgIpc) is 4.08. The summed E-state index contributed by atoms with van der Waals surface area (Å²) in [6, 6.07) is -2.53. The monoisotopic (exact) mass is 839 g/mol. The third-order valence-electron chi connectivity index (χ3n) is 13.9. The van der Waals surface area contributed by atoms with Gasteiger partial charge < -0.3 is 49.5 Å². The number of carbonyl (C=O) groups excluding carboxylic acids is 4. The SMILES string of the molecule is COC(=O)N[C@H](C(=O)N1CCC[C@H]1c1ncc(C2CCC3C(C2)OC2CCC(c4cnc([C@@H]5CC(F)(F)CN5C(=O)[C@@H](NC(=O)OC)C(C)C)[nH]4)C4C=CN3C24)[nH]1)C(C)C. The van der Waals surface area contributed by atoms with Crippen molar-refractivity contribution in [3.05, 3.63) is 47.7 Å². The summed E-state index contributed by atoms with van der Waals surface area (Å²) in [6.07, 6.45) is 12.3. The third-order valence-corrected chi connectivity index (χ3v) is 13.9. The first-order valence-electron chi connectivity index (χ1n) is 21.6. The Hall–Kier alpha value is -4.74. The highest BCUT2D eigenvalue weighted by Gasteiger charge is 2.54. The van der Waals surface area contributed by atoms with E-state index in [0.29, 0.717) is 12.4 Å². The Bertz CT molecular complexity index is 1950. The third kappa shape index (κ3) is 7.83. The number of morpholine rings is 1. The van der Waals surface area contributed by atoms with Gasteiger partial charge in [-0.25, -0.2) is 28.3 Å². The summed E-state index contributed by atoms with van der Waals surface area (Å²) < 4.78 is 46.4. The van der Waals surface area contributed by atoms with E-state index in [4.69, 9.17) is 19.2 Å². The molecule has 8 rings (SSSR count). The zero-order valence-electron chi connectivity index (χ0n) is 35.2. The number of imidazole rings is 2. The molecule has 11 atom stereocenters. The number of rotatable bonds is 10. The lowest BCUT2D eigenvalue weighted by atomic mass is 9.71. The second-order valence-corrected chi connectivity index (χ2v) is 18.2. The van der Waals surface area contributed by atoms with Gasteiger partial charge in [-0.15, -0.1) is 0 Å². The molecule has 4 amide bonds. The van der Waals surface area contributed by atoms with Crippen LogP contribution in [0.4, 0.5) is 18.4 Å². The summed E-state index contributed by atoms with van der Waals surface area (Å²) in [7, 11) is 2.48. The molecule has 2 aromatic heterocycles. The summed E-state index contributed by atoms with van der Waals surface area (Å²) >= 11 is 0. The lowest BCUT2D eigenvalue weighted by Crippen LogP contribution is -2.62. The number of likely N-dealkylation sites (tertiary alicyclic amines) is 2. The van der Waals surface area contributed by atoms with E-state index in [9.17, 15) is 28.0 Å². The number of ether oxygens (including phenoxy) is 3. The van der Waals surface area contributed by atoms with Crippen LogP contribution in [0.15, 0.2) is 24.7 Å². The van der Waals surface area contributed by atoms with Gasteiger partial charge in [-0.3, -0.25) is 9.59 Å². The smallest absolute Gasteiger partial charge is 0.407 e. The second kappa shape index (κ2) is 16.6. The molecule has 328 valence electrons. The minimum atomic E-state index is -3.11. The number of nitrogens with one attached hydrogen (secondary N) is 4. The Morgan fingerprint density at radius 2 is 1.47 bits per heavy atom. The highest BCUT2D eigenvalue weighted by atomic mass is 19.3. The molecular formula is C42H59F2N9O7. The molecule has 0 radical (unpaired) electrons. The summed E-state index contributed by atoms with van der Waals surface area (Å²) in [6.45, 7) is 7.13. The maximum absolute atomic E-state index is 15.0. The quantitative estimate of drug-likeness (QED) is 0.246. The number of fused-ring (bicyclic) bond motifs is 2. The van der Waals surface area contributed by atoms with Crippen molar-refractivity contribution in [2.75, 3.05) is 27.3 Å². The van der Waals surface area contributed by atoms with E-state index in [1.54, 1.807) is 20.0 Å². The predicted octanol–water partition coefficient (Wildman–Crippen LogP) is 5.26. The lowest BCUT2D eigenvalue weighted by molar-refractivity contribution is -0.168. The second-order valence-electron chi connectivity index (χ2n) is 18.2.